The van der Waals surface area contributed by atoms with E-state index in [1.807, 2.05) is 12.2 Å². The molecule has 0 fully saturated rings. The van der Waals surface area contributed by atoms with Gasteiger partial charge in [-0.15, -0.1) is 41.1 Å². The Morgan fingerprint density at radius 3 is 2.27 bits per heavy atom. The summed E-state index contributed by atoms with van der Waals surface area (Å²) in [5.74, 6) is 0. The van der Waals surface area contributed by atoms with Gasteiger partial charge in [0.25, 0.3) is 0 Å². The van der Waals surface area contributed by atoms with Gasteiger partial charge in [-0.3, -0.25) is 6.08 Å². The monoisotopic (exact) mass is 429 g/mol. The Balaban J connectivity index is 0.000000203. The zero-order valence-corrected chi connectivity index (χ0v) is 18.0. The second-order valence-corrected chi connectivity index (χ2v) is 7.19. The van der Waals surface area contributed by atoms with Crippen LogP contribution in [0.15, 0.2) is 66.9 Å². The molecule has 0 spiro atoms. The summed E-state index contributed by atoms with van der Waals surface area (Å²) >= 11 is -2.77. The van der Waals surface area contributed by atoms with Crippen LogP contribution in [0, 0.1) is 25.3 Å². The van der Waals surface area contributed by atoms with E-state index < -0.39 is 24.5 Å². The van der Waals surface area contributed by atoms with Crippen molar-refractivity contribution in [2.45, 2.75) is 27.7 Å². The third-order valence-corrected chi connectivity index (χ3v) is 4.09. The van der Waals surface area contributed by atoms with Gasteiger partial charge < -0.3 is 4.57 Å². The molecule has 3 aromatic rings. The van der Waals surface area contributed by atoms with E-state index in [9.17, 15) is 5.25 Å². The summed E-state index contributed by atoms with van der Waals surface area (Å²) in [6.45, 7) is 8.54. The summed E-state index contributed by atoms with van der Waals surface area (Å²) in [5, 5.41) is 2.62. The number of nitrogens with zero attached hydrogens (tertiary/aromatic N) is 1. The number of allylic oxidation sites excluding steroid dienone is 4. The first-order valence-corrected chi connectivity index (χ1v) is 10.3. The first-order chi connectivity index (χ1) is 12.4. The molecule has 1 aliphatic carbocycles. The number of aryl methyl sites for hydroxylation is 2. The number of benzene rings is 1. The van der Waals surface area contributed by atoms with E-state index in [-0.39, 0.29) is 5.41 Å². The minimum absolute atomic E-state index is 0.208. The van der Waals surface area contributed by atoms with Crippen LogP contribution in [0.3, 0.4) is 0 Å². The summed E-state index contributed by atoms with van der Waals surface area (Å²) < 4.78 is 21.8. The zero-order valence-electron chi connectivity index (χ0n) is 15.6. The molecular weight excluding hydrogens is 407 g/mol. The number of fused-ring (bicyclic) bond motifs is 1. The second-order valence-electron chi connectivity index (χ2n) is 6.83. The molecule has 1 nitrogen and oxygen atoms in total. The van der Waals surface area contributed by atoms with Crippen LogP contribution in [0.4, 0.5) is 5.25 Å². The molecule has 2 aromatic carbocycles. The molecule has 0 aliphatic heterocycles. The number of hydrogen-bond acceptors (Lipinski definition) is 0. The molecule has 1 heterocycles. The van der Waals surface area contributed by atoms with Crippen LogP contribution in [-0.2, 0) is 24.5 Å². The van der Waals surface area contributed by atoms with Gasteiger partial charge in [0.1, 0.15) is 0 Å². The molecule has 0 bridgehead atoms. The van der Waals surface area contributed by atoms with Gasteiger partial charge in [-0.1, -0.05) is 25.3 Å². The third-order valence-electron chi connectivity index (χ3n) is 4.09. The van der Waals surface area contributed by atoms with Gasteiger partial charge in [0.15, 0.2) is 0 Å². The molecule has 4 rings (SSSR count). The molecule has 0 N–H and O–H groups in total. The predicted octanol–water partition coefficient (Wildman–Crippen LogP) is 6.75. The number of halogens is 2. The minimum atomic E-state index is -2.77. The maximum absolute atomic E-state index is 9.80. The second kappa shape index (κ2) is 9.32. The average molecular weight is 431 g/mol. The van der Waals surface area contributed by atoms with Crippen molar-refractivity contribution < 1.29 is 29.7 Å². The Bertz CT molecular complexity index is 853. The van der Waals surface area contributed by atoms with Gasteiger partial charge in [0.05, 0.1) is 0 Å². The van der Waals surface area contributed by atoms with Crippen molar-refractivity contribution in [2.24, 2.45) is 5.41 Å². The van der Waals surface area contributed by atoms with Crippen molar-refractivity contribution in [1.82, 2.24) is 4.57 Å². The normalized spacial score (nSPS) is 13.6. The SMILES string of the molecule is CC1(C)[C-]=CC=C1.Cc1cc(C)n(-c2cc3ccccc3[cH-]2)c1.[F][Zr+2][F]. The van der Waals surface area contributed by atoms with Crippen molar-refractivity contribution in [3.05, 3.63) is 84.2 Å². The van der Waals surface area contributed by atoms with Gasteiger partial charge in [0.2, 0.25) is 0 Å². The van der Waals surface area contributed by atoms with Crippen LogP contribution in [0.5, 0.6) is 0 Å². The van der Waals surface area contributed by atoms with Crippen molar-refractivity contribution in [3.8, 4) is 5.69 Å². The van der Waals surface area contributed by atoms with E-state index >= 15 is 0 Å². The predicted molar refractivity (Wildman–Crippen MR) is 101 cm³/mol. The molecule has 0 radical (unpaired) electrons. The van der Waals surface area contributed by atoms with E-state index in [1.54, 1.807) is 0 Å². The molecule has 1 aromatic heterocycles. The van der Waals surface area contributed by atoms with Crippen LogP contribution in [-0.4, -0.2) is 4.57 Å². The Kier molecular flexibility index (Phi) is 7.40. The Labute approximate surface area is 167 Å². The van der Waals surface area contributed by atoms with Crippen LogP contribution < -0.4 is 0 Å². The Hall–Kier alpha value is -1.67. The van der Waals surface area contributed by atoms with Crippen molar-refractivity contribution >= 4 is 10.8 Å². The zero-order chi connectivity index (χ0) is 19.2. The summed E-state index contributed by atoms with van der Waals surface area (Å²) in [7, 11) is 0. The molecule has 26 heavy (non-hydrogen) atoms. The fraction of sp³-hybridized carbons (Fsp3) is 0.227. The van der Waals surface area contributed by atoms with Crippen LogP contribution in [0.1, 0.15) is 25.1 Å². The van der Waals surface area contributed by atoms with E-state index in [1.165, 1.54) is 27.7 Å². The summed E-state index contributed by atoms with van der Waals surface area (Å²) in [5.41, 5.74) is 4.06. The van der Waals surface area contributed by atoms with E-state index in [0.717, 1.165) is 0 Å². The van der Waals surface area contributed by atoms with Crippen molar-refractivity contribution in [1.29, 1.82) is 0 Å². The molecule has 4 heteroatoms. The van der Waals surface area contributed by atoms with E-state index in [2.05, 4.69) is 93.1 Å². The molecule has 0 saturated carbocycles. The fourth-order valence-electron chi connectivity index (χ4n) is 2.89. The topological polar surface area (TPSA) is 4.93 Å². The standard InChI is InChI=1S/C15H14N.C7H9.2FH.Zr/c1-11-7-12(2)16(10-11)15-8-13-5-3-4-6-14(13)9-15;1-7(2)5-3-4-6-7;;;/h3-10H,1-2H3;3-5H,1-2H3;2*1H;/q2*-1;;;+4/p-2. The molecule has 0 unspecified atom stereocenters. The Morgan fingerprint density at radius 2 is 1.81 bits per heavy atom. The van der Waals surface area contributed by atoms with Crippen LogP contribution in [0.2, 0.25) is 0 Å². The molecular formula is C22H23F2NZr. The first-order valence-electron chi connectivity index (χ1n) is 8.43. The third kappa shape index (κ3) is 5.67. The fourth-order valence-corrected chi connectivity index (χ4v) is 2.89. The first kappa shape index (κ1) is 20.6. The van der Waals surface area contributed by atoms with Crippen molar-refractivity contribution in [3.63, 3.8) is 0 Å². The van der Waals surface area contributed by atoms with Gasteiger partial charge in [-0.25, -0.2) is 12.2 Å². The molecule has 134 valence electrons. The molecule has 1 aliphatic rings. The van der Waals surface area contributed by atoms with Crippen LogP contribution in [0.25, 0.3) is 16.5 Å². The van der Waals surface area contributed by atoms with Gasteiger partial charge in [-0.05, 0) is 31.2 Å². The van der Waals surface area contributed by atoms with Gasteiger partial charge >= 0.3 is 29.7 Å². The number of rotatable bonds is 1. The molecule has 0 amide bonds. The summed E-state index contributed by atoms with van der Waals surface area (Å²) in [6, 6.07) is 15.2. The Morgan fingerprint density at radius 1 is 1.12 bits per heavy atom. The maximum atomic E-state index is 9.80. The van der Waals surface area contributed by atoms with Gasteiger partial charge in [-0.2, -0.15) is 6.08 Å². The molecule has 0 saturated heterocycles. The van der Waals surface area contributed by atoms with Gasteiger partial charge in [0, 0.05) is 11.9 Å². The van der Waals surface area contributed by atoms with E-state index in [4.69, 9.17) is 0 Å². The van der Waals surface area contributed by atoms with E-state index in [0.29, 0.717) is 0 Å². The van der Waals surface area contributed by atoms with Crippen molar-refractivity contribution in [2.75, 3.05) is 0 Å². The number of hydrogen-bond donors (Lipinski definition) is 0. The summed E-state index contributed by atoms with van der Waals surface area (Å²) in [4.78, 5) is 0. The quantitative estimate of drug-likeness (QED) is 0.377. The summed E-state index contributed by atoms with van der Waals surface area (Å²) in [6.07, 6.45) is 11.5. The molecule has 0 atom stereocenters. The van der Waals surface area contributed by atoms with Crippen LogP contribution >= 0.6 is 0 Å². The average Bonchev–Trinajstić information content (AvgIpc) is 3.26. The number of aromatic nitrogens is 1.